The second-order valence-electron chi connectivity index (χ2n) is 4.03. The maximum atomic E-state index is 11.1. The van der Waals surface area contributed by atoms with Gasteiger partial charge in [-0.05, 0) is 18.6 Å². The third kappa shape index (κ3) is 2.46. The Morgan fingerprint density at radius 1 is 1.41 bits per heavy atom. The van der Waals surface area contributed by atoms with Crippen LogP contribution in [-0.4, -0.2) is 29.1 Å². The number of carboxylic acids is 1. The van der Waals surface area contributed by atoms with Crippen molar-refractivity contribution < 1.29 is 14.6 Å². The fraction of sp³-hybridized carbons (Fsp3) is 0.385. The molecule has 0 fully saturated rings. The molecule has 0 saturated carbocycles. The summed E-state index contributed by atoms with van der Waals surface area (Å²) in [4.78, 5) is 15.4. The van der Waals surface area contributed by atoms with Crippen LogP contribution in [0.15, 0.2) is 35.3 Å². The van der Waals surface area contributed by atoms with Gasteiger partial charge in [-0.25, -0.2) is 9.79 Å². The first-order chi connectivity index (χ1) is 8.22. The van der Waals surface area contributed by atoms with E-state index in [1.807, 2.05) is 37.3 Å². The largest absolute Gasteiger partial charge is 0.478 e. The molecule has 90 valence electrons. The summed E-state index contributed by atoms with van der Waals surface area (Å²) in [6.07, 6.45) is 0.779. The summed E-state index contributed by atoms with van der Waals surface area (Å²) in [7, 11) is 0. The fourth-order valence-electron chi connectivity index (χ4n) is 1.90. The molecule has 0 amide bonds. The molecular weight excluding hydrogens is 218 g/mol. The maximum Gasteiger partial charge on any atom is 0.347 e. The van der Waals surface area contributed by atoms with E-state index in [9.17, 15) is 4.79 Å². The molecule has 1 aromatic carbocycles. The lowest BCUT2D eigenvalue weighted by Crippen LogP contribution is -2.31. The Labute approximate surface area is 99.9 Å². The normalized spacial score (nSPS) is 23.0. The van der Waals surface area contributed by atoms with Crippen LogP contribution in [0.3, 0.4) is 0 Å². The maximum absolute atomic E-state index is 11.1. The molecule has 4 nitrogen and oxygen atoms in total. The Morgan fingerprint density at radius 3 is 2.71 bits per heavy atom. The first-order valence-corrected chi connectivity index (χ1v) is 5.75. The number of carbonyl (C=O) groups is 1. The smallest absolute Gasteiger partial charge is 0.347 e. The van der Waals surface area contributed by atoms with Gasteiger partial charge in [-0.3, -0.25) is 0 Å². The number of hydrogen-bond acceptors (Lipinski definition) is 3. The molecule has 17 heavy (non-hydrogen) atoms. The van der Waals surface area contributed by atoms with Crippen molar-refractivity contribution in [2.24, 2.45) is 4.99 Å². The molecule has 0 aromatic heterocycles. The monoisotopic (exact) mass is 233 g/mol. The summed E-state index contributed by atoms with van der Waals surface area (Å²) in [5.74, 6) is -0.505. The summed E-state index contributed by atoms with van der Waals surface area (Å²) < 4.78 is 5.42. The van der Waals surface area contributed by atoms with E-state index in [1.54, 1.807) is 0 Å². The first-order valence-electron chi connectivity index (χ1n) is 5.75. The number of hydrogen-bond donors (Lipinski definition) is 1. The van der Waals surface area contributed by atoms with Gasteiger partial charge in [0.1, 0.15) is 6.04 Å². The van der Waals surface area contributed by atoms with Gasteiger partial charge in [0, 0.05) is 5.56 Å². The molecule has 1 aromatic rings. The van der Waals surface area contributed by atoms with E-state index >= 15 is 0 Å². The number of rotatable bonds is 4. The molecule has 1 aliphatic heterocycles. The van der Waals surface area contributed by atoms with Crippen LogP contribution in [0, 0.1) is 0 Å². The van der Waals surface area contributed by atoms with Crippen molar-refractivity contribution in [2.75, 3.05) is 0 Å². The lowest BCUT2D eigenvalue weighted by Gasteiger charge is -2.11. The first kappa shape index (κ1) is 11.6. The van der Waals surface area contributed by atoms with E-state index in [0.717, 1.165) is 18.4 Å². The van der Waals surface area contributed by atoms with Crippen LogP contribution < -0.4 is 0 Å². The highest BCUT2D eigenvalue weighted by Crippen LogP contribution is 2.21. The molecule has 0 spiro atoms. The summed E-state index contributed by atoms with van der Waals surface area (Å²) in [6.45, 7) is 2.01. The lowest BCUT2D eigenvalue weighted by molar-refractivity contribution is -0.145. The Kier molecular flexibility index (Phi) is 3.42. The predicted octanol–water partition coefficient (Wildman–Crippen LogP) is 2.09. The third-order valence-corrected chi connectivity index (χ3v) is 2.72. The molecule has 1 N–H and O–H groups in total. The van der Waals surface area contributed by atoms with E-state index in [2.05, 4.69) is 4.99 Å². The molecule has 1 aliphatic rings. The molecular formula is C13H15NO3. The van der Waals surface area contributed by atoms with Crippen LogP contribution in [0.2, 0.25) is 0 Å². The fourth-order valence-corrected chi connectivity index (χ4v) is 1.90. The average Bonchev–Trinajstić information content (AvgIpc) is 2.75. The zero-order chi connectivity index (χ0) is 12.3. The van der Waals surface area contributed by atoms with E-state index in [0.29, 0.717) is 5.90 Å². The van der Waals surface area contributed by atoms with Crippen molar-refractivity contribution in [1.29, 1.82) is 0 Å². The average molecular weight is 233 g/mol. The Bertz CT molecular complexity index is 428. The number of ether oxygens (including phenoxy) is 1. The molecule has 0 radical (unpaired) electrons. The topological polar surface area (TPSA) is 58.9 Å². The minimum Gasteiger partial charge on any atom is -0.478 e. The van der Waals surface area contributed by atoms with Crippen LogP contribution in [0.4, 0.5) is 0 Å². The van der Waals surface area contributed by atoms with Gasteiger partial charge < -0.3 is 9.84 Å². The van der Waals surface area contributed by atoms with Crippen molar-refractivity contribution in [3.05, 3.63) is 35.9 Å². The number of nitrogens with zero attached hydrogens (tertiary/aromatic N) is 1. The standard InChI is InChI=1S/C13H15NO3/c1-2-6-10-11(13(15)16)17-12(14-10)9-7-4-3-5-8-9/h3-5,7-8,10-11H,2,6H2,1H3,(H,15,16). The minimum absolute atomic E-state index is 0.271. The van der Waals surface area contributed by atoms with Gasteiger partial charge in [0.05, 0.1) is 0 Å². The second-order valence-corrected chi connectivity index (χ2v) is 4.03. The SMILES string of the molecule is CCCC1N=C(c2ccccc2)OC1C(=O)O. The number of aliphatic carboxylic acids is 1. The molecule has 2 atom stereocenters. The molecule has 0 bridgehead atoms. The van der Waals surface area contributed by atoms with E-state index in [1.165, 1.54) is 0 Å². The van der Waals surface area contributed by atoms with Crippen LogP contribution in [0.1, 0.15) is 25.3 Å². The van der Waals surface area contributed by atoms with Gasteiger partial charge in [0.2, 0.25) is 12.0 Å². The number of benzene rings is 1. The second kappa shape index (κ2) is 4.99. The van der Waals surface area contributed by atoms with Gasteiger partial charge in [-0.15, -0.1) is 0 Å². The highest BCUT2D eigenvalue weighted by atomic mass is 16.5. The van der Waals surface area contributed by atoms with Crippen LogP contribution in [0.25, 0.3) is 0 Å². The third-order valence-electron chi connectivity index (χ3n) is 2.72. The quantitative estimate of drug-likeness (QED) is 0.866. The summed E-state index contributed by atoms with van der Waals surface area (Å²) >= 11 is 0. The number of aliphatic imine (C=N–C) groups is 1. The predicted molar refractivity (Wildman–Crippen MR) is 64.2 cm³/mol. The van der Waals surface area contributed by atoms with E-state index < -0.39 is 12.1 Å². The molecule has 2 unspecified atom stereocenters. The Hall–Kier alpha value is -1.84. The van der Waals surface area contributed by atoms with Gasteiger partial charge in [0.15, 0.2) is 0 Å². The van der Waals surface area contributed by atoms with Crippen molar-refractivity contribution >= 4 is 11.9 Å². The van der Waals surface area contributed by atoms with Crippen molar-refractivity contribution in [1.82, 2.24) is 0 Å². The van der Waals surface area contributed by atoms with Gasteiger partial charge >= 0.3 is 5.97 Å². The Morgan fingerprint density at radius 2 is 2.12 bits per heavy atom. The molecule has 4 heteroatoms. The van der Waals surface area contributed by atoms with Crippen LogP contribution in [-0.2, 0) is 9.53 Å². The zero-order valence-corrected chi connectivity index (χ0v) is 9.67. The van der Waals surface area contributed by atoms with E-state index in [-0.39, 0.29) is 6.04 Å². The summed E-state index contributed by atoms with van der Waals surface area (Å²) in [5.41, 5.74) is 0.831. The lowest BCUT2D eigenvalue weighted by atomic mass is 10.1. The summed E-state index contributed by atoms with van der Waals surface area (Å²) in [5, 5.41) is 9.08. The van der Waals surface area contributed by atoms with Gasteiger partial charge in [-0.2, -0.15) is 0 Å². The summed E-state index contributed by atoms with van der Waals surface area (Å²) in [6, 6.07) is 9.12. The van der Waals surface area contributed by atoms with Crippen molar-refractivity contribution in [3.63, 3.8) is 0 Å². The van der Waals surface area contributed by atoms with Crippen LogP contribution in [0.5, 0.6) is 0 Å². The Balaban J connectivity index is 2.21. The minimum atomic E-state index is -0.946. The van der Waals surface area contributed by atoms with E-state index in [4.69, 9.17) is 9.84 Å². The highest BCUT2D eigenvalue weighted by molar-refractivity contribution is 5.97. The molecule has 0 saturated heterocycles. The van der Waals surface area contributed by atoms with Crippen molar-refractivity contribution in [2.45, 2.75) is 31.9 Å². The van der Waals surface area contributed by atoms with Gasteiger partial charge in [0.25, 0.3) is 0 Å². The highest BCUT2D eigenvalue weighted by Gasteiger charge is 2.36. The van der Waals surface area contributed by atoms with Crippen LogP contribution >= 0.6 is 0 Å². The molecule has 0 aliphatic carbocycles. The number of carboxylic acid groups (broad SMARTS) is 1. The molecule has 1 heterocycles. The van der Waals surface area contributed by atoms with Crippen molar-refractivity contribution in [3.8, 4) is 0 Å². The van der Waals surface area contributed by atoms with Gasteiger partial charge in [-0.1, -0.05) is 31.5 Å². The zero-order valence-electron chi connectivity index (χ0n) is 9.67. The molecule has 2 rings (SSSR count).